The van der Waals surface area contributed by atoms with Crippen LogP contribution >= 0.6 is 0 Å². The van der Waals surface area contributed by atoms with E-state index < -0.39 is 18.0 Å². The van der Waals surface area contributed by atoms with E-state index in [1.807, 2.05) is 0 Å². The third kappa shape index (κ3) is 5.04. The second kappa shape index (κ2) is 9.82. The third-order valence-corrected chi connectivity index (χ3v) is 5.75. The van der Waals surface area contributed by atoms with Crippen LogP contribution < -0.4 is 19.7 Å². The van der Waals surface area contributed by atoms with Gasteiger partial charge in [-0.3, -0.25) is 14.4 Å². The van der Waals surface area contributed by atoms with Crippen molar-refractivity contribution in [3.8, 4) is 11.5 Å². The lowest BCUT2D eigenvalue weighted by molar-refractivity contribution is -0.158. The van der Waals surface area contributed by atoms with Crippen molar-refractivity contribution in [1.29, 1.82) is 0 Å². The van der Waals surface area contributed by atoms with E-state index in [9.17, 15) is 14.4 Å². The van der Waals surface area contributed by atoms with Crippen molar-refractivity contribution in [2.45, 2.75) is 57.6 Å². The topological polar surface area (TPSA) is 94.2 Å². The summed E-state index contributed by atoms with van der Waals surface area (Å²) in [6.07, 6.45) is 4.47. The normalized spacial score (nSPS) is 20.6. The van der Waals surface area contributed by atoms with E-state index in [0.29, 0.717) is 17.2 Å². The van der Waals surface area contributed by atoms with Crippen LogP contribution in [0.2, 0.25) is 0 Å². The van der Waals surface area contributed by atoms with Crippen LogP contribution in [0.25, 0.3) is 0 Å². The van der Waals surface area contributed by atoms with Crippen molar-refractivity contribution in [1.82, 2.24) is 5.32 Å². The number of nitrogens with zero attached hydrogens (tertiary/aromatic N) is 1. The molecule has 3 rings (SSSR count). The van der Waals surface area contributed by atoms with E-state index in [2.05, 4.69) is 5.32 Å². The largest absolute Gasteiger partial charge is 0.497 e. The predicted molar refractivity (Wildman–Crippen MR) is 111 cm³/mol. The Kier molecular flexibility index (Phi) is 7.18. The van der Waals surface area contributed by atoms with Gasteiger partial charge in [0.15, 0.2) is 6.10 Å². The Morgan fingerprint density at radius 3 is 2.53 bits per heavy atom. The molecule has 8 heteroatoms. The van der Waals surface area contributed by atoms with Gasteiger partial charge < -0.3 is 24.4 Å². The van der Waals surface area contributed by atoms with Gasteiger partial charge in [0.05, 0.1) is 25.8 Å². The van der Waals surface area contributed by atoms with E-state index in [0.717, 1.165) is 25.7 Å². The molecular weight excluding hydrogens is 388 g/mol. The van der Waals surface area contributed by atoms with Crippen molar-refractivity contribution >= 4 is 23.5 Å². The molecule has 0 aromatic heterocycles. The maximum atomic E-state index is 12.6. The van der Waals surface area contributed by atoms with Crippen LogP contribution in [0.5, 0.6) is 11.5 Å². The fourth-order valence-electron chi connectivity index (χ4n) is 4.00. The van der Waals surface area contributed by atoms with Gasteiger partial charge in [-0.1, -0.05) is 19.3 Å². The summed E-state index contributed by atoms with van der Waals surface area (Å²) in [7, 11) is 3.06. The first-order valence-corrected chi connectivity index (χ1v) is 10.5. The highest BCUT2D eigenvalue weighted by molar-refractivity contribution is 6.01. The van der Waals surface area contributed by atoms with Crippen LogP contribution in [-0.4, -0.2) is 50.7 Å². The van der Waals surface area contributed by atoms with E-state index in [-0.39, 0.29) is 30.8 Å². The minimum absolute atomic E-state index is 0.0327. The Labute approximate surface area is 176 Å². The molecule has 2 amide bonds. The number of hydrogen-bond acceptors (Lipinski definition) is 6. The Bertz CT molecular complexity index is 790. The van der Waals surface area contributed by atoms with Crippen molar-refractivity contribution in [2.75, 3.05) is 25.7 Å². The number of carbonyl (C=O) groups is 3. The smallest absolute Gasteiger partial charge is 0.312 e. The van der Waals surface area contributed by atoms with Gasteiger partial charge in [0.2, 0.25) is 5.91 Å². The van der Waals surface area contributed by atoms with E-state index in [4.69, 9.17) is 14.2 Å². The highest BCUT2D eigenvalue weighted by Crippen LogP contribution is 2.36. The van der Waals surface area contributed by atoms with Gasteiger partial charge in [-0.25, -0.2) is 0 Å². The maximum absolute atomic E-state index is 12.6. The third-order valence-electron chi connectivity index (χ3n) is 5.75. The van der Waals surface area contributed by atoms with Gasteiger partial charge in [-0.05, 0) is 31.9 Å². The monoisotopic (exact) mass is 418 g/mol. The Morgan fingerprint density at radius 2 is 1.87 bits per heavy atom. The molecule has 2 aliphatic rings. The van der Waals surface area contributed by atoms with Gasteiger partial charge in [0, 0.05) is 25.1 Å². The molecule has 1 saturated heterocycles. The number of rotatable bonds is 7. The number of esters is 1. The predicted octanol–water partition coefficient (Wildman–Crippen LogP) is 2.44. The van der Waals surface area contributed by atoms with Crippen molar-refractivity contribution in [3.63, 3.8) is 0 Å². The molecule has 2 fully saturated rings. The number of ether oxygens (including phenoxy) is 3. The van der Waals surface area contributed by atoms with Crippen LogP contribution in [0.3, 0.4) is 0 Å². The summed E-state index contributed by atoms with van der Waals surface area (Å²) in [5.74, 6) is -0.556. The summed E-state index contributed by atoms with van der Waals surface area (Å²) in [6, 6.07) is 5.29. The number of hydrogen-bond donors (Lipinski definition) is 1. The Morgan fingerprint density at radius 1 is 1.13 bits per heavy atom. The van der Waals surface area contributed by atoms with Crippen molar-refractivity contribution < 1.29 is 28.6 Å². The van der Waals surface area contributed by atoms with Gasteiger partial charge >= 0.3 is 5.97 Å². The zero-order valence-corrected chi connectivity index (χ0v) is 17.8. The number of anilines is 1. The number of amides is 2. The van der Waals surface area contributed by atoms with Crippen LogP contribution in [0, 0.1) is 5.92 Å². The van der Waals surface area contributed by atoms with E-state index >= 15 is 0 Å². The highest BCUT2D eigenvalue weighted by atomic mass is 16.5. The number of carbonyl (C=O) groups excluding carboxylic acids is 3. The lowest BCUT2D eigenvalue weighted by Crippen LogP contribution is -2.43. The van der Waals surface area contributed by atoms with Gasteiger partial charge in [0.25, 0.3) is 5.91 Å². The second-order valence-electron chi connectivity index (χ2n) is 7.87. The maximum Gasteiger partial charge on any atom is 0.312 e. The molecule has 1 saturated carbocycles. The molecule has 1 heterocycles. The zero-order valence-electron chi connectivity index (χ0n) is 17.8. The van der Waals surface area contributed by atoms with Crippen molar-refractivity contribution in [3.05, 3.63) is 18.2 Å². The van der Waals surface area contributed by atoms with Gasteiger partial charge in [-0.2, -0.15) is 0 Å². The van der Waals surface area contributed by atoms with Gasteiger partial charge in [-0.15, -0.1) is 0 Å². The molecule has 1 N–H and O–H groups in total. The molecular formula is C22H30N2O6. The Hall–Kier alpha value is -2.77. The second-order valence-corrected chi connectivity index (χ2v) is 7.87. The summed E-state index contributed by atoms with van der Waals surface area (Å²) in [5, 5.41) is 2.96. The highest BCUT2D eigenvalue weighted by Gasteiger charge is 2.38. The molecule has 164 valence electrons. The summed E-state index contributed by atoms with van der Waals surface area (Å²) in [5.41, 5.74) is 0.571. The molecule has 2 atom stereocenters. The fourth-order valence-corrected chi connectivity index (χ4v) is 4.00. The average Bonchev–Trinajstić information content (AvgIpc) is 3.15. The summed E-state index contributed by atoms with van der Waals surface area (Å²) in [6.45, 7) is 1.74. The van der Waals surface area contributed by atoms with E-state index in [1.54, 1.807) is 32.2 Å². The molecule has 0 bridgehead atoms. The van der Waals surface area contributed by atoms with Gasteiger partial charge in [0.1, 0.15) is 11.5 Å². The SMILES string of the molecule is COc1ccc(N2C[C@@H](C(=O)O[C@@H](C)C(=O)NC3CCCCC3)CC2=O)c(OC)c1. The fraction of sp³-hybridized carbons (Fsp3) is 0.591. The first kappa shape index (κ1) is 21.9. The van der Waals surface area contributed by atoms with Crippen molar-refractivity contribution in [2.24, 2.45) is 5.92 Å². The number of methoxy groups -OCH3 is 2. The molecule has 0 radical (unpaired) electrons. The summed E-state index contributed by atoms with van der Waals surface area (Å²) >= 11 is 0. The van der Waals surface area contributed by atoms with Crippen LogP contribution in [0.15, 0.2) is 18.2 Å². The first-order chi connectivity index (χ1) is 14.4. The van der Waals surface area contributed by atoms with Crippen LogP contribution in [0.4, 0.5) is 5.69 Å². The zero-order chi connectivity index (χ0) is 21.7. The molecule has 1 aliphatic heterocycles. The number of benzene rings is 1. The quantitative estimate of drug-likeness (QED) is 0.684. The molecule has 1 aromatic rings. The number of nitrogens with one attached hydrogen (secondary N) is 1. The van der Waals surface area contributed by atoms with Crippen LogP contribution in [-0.2, 0) is 19.1 Å². The summed E-state index contributed by atoms with van der Waals surface area (Å²) in [4.78, 5) is 39.0. The Balaban J connectivity index is 1.59. The standard InChI is InChI=1S/C22H30N2O6/c1-14(21(26)23-16-7-5-4-6-8-16)30-22(27)15-11-20(25)24(13-15)18-10-9-17(28-2)12-19(18)29-3/h9-10,12,14-16H,4-8,11,13H2,1-3H3,(H,23,26)/t14-,15-/m0/s1. The van der Waals surface area contributed by atoms with Crippen LogP contribution in [0.1, 0.15) is 45.4 Å². The molecule has 0 unspecified atom stereocenters. The molecule has 1 aliphatic carbocycles. The summed E-state index contributed by atoms with van der Waals surface area (Å²) < 4.78 is 15.9. The first-order valence-electron chi connectivity index (χ1n) is 10.5. The molecule has 0 spiro atoms. The molecule has 8 nitrogen and oxygen atoms in total. The average molecular weight is 418 g/mol. The van der Waals surface area contributed by atoms with E-state index in [1.165, 1.54) is 18.4 Å². The lowest BCUT2D eigenvalue weighted by Gasteiger charge is -2.24. The molecule has 1 aromatic carbocycles. The minimum atomic E-state index is -0.890. The lowest BCUT2D eigenvalue weighted by atomic mass is 9.95. The molecule has 30 heavy (non-hydrogen) atoms. The minimum Gasteiger partial charge on any atom is -0.497 e.